The average molecular weight is 275 g/mol. The lowest BCUT2D eigenvalue weighted by Gasteiger charge is -2.56. The Morgan fingerprint density at radius 2 is 1.50 bits per heavy atom. The van der Waals surface area contributed by atoms with Crippen LogP contribution in [0.15, 0.2) is 0 Å². The van der Waals surface area contributed by atoms with Gasteiger partial charge in [-0.3, -0.25) is 4.79 Å². The quantitative estimate of drug-likeness (QED) is 0.828. The van der Waals surface area contributed by atoms with Crippen LogP contribution in [0.2, 0.25) is 0 Å². The minimum Gasteiger partial charge on any atom is -0.356 e. The maximum Gasteiger partial charge on any atom is 0.220 e. The van der Waals surface area contributed by atoms with Crippen molar-refractivity contribution in [3.63, 3.8) is 0 Å². The zero-order valence-electron chi connectivity index (χ0n) is 12.7. The van der Waals surface area contributed by atoms with Crippen LogP contribution >= 0.6 is 0 Å². The zero-order valence-corrected chi connectivity index (χ0v) is 12.7. The maximum absolute atomic E-state index is 12.2. The molecular weight excluding hydrogens is 246 g/mol. The molecule has 20 heavy (non-hydrogen) atoms. The van der Waals surface area contributed by atoms with Crippen molar-refractivity contribution in [2.45, 2.75) is 70.6 Å². The molecule has 0 radical (unpaired) electrons. The lowest BCUT2D eigenvalue weighted by molar-refractivity contribution is -0.124. The molecule has 0 aromatic carbocycles. The fraction of sp³-hybridized carbons (Fsp3) is 0.944. The summed E-state index contributed by atoms with van der Waals surface area (Å²) in [6.07, 6.45) is 14.7. The van der Waals surface area contributed by atoms with Crippen molar-refractivity contribution in [3.05, 3.63) is 0 Å². The van der Waals surface area contributed by atoms with E-state index in [0.29, 0.717) is 17.2 Å². The number of amides is 1. The van der Waals surface area contributed by atoms with E-state index < -0.39 is 0 Å². The molecule has 0 atom stereocenters. The molecule has 0 aromatic rings. The van der Waals surface area contributed by atoms with Gasteiger partial charge < -0.3 is 5.32 Å². The SMILES string of the molecule is O=C(CC1CCCC1)NCC12CC3CC(CC(C3)C1)C2. The van der Waals surface area contributed by atoms with Gasteiger partial charge in [0.15, 0.2) is 0 Å². The number of carbonyl (C=O) groups excluding carboxylic acids is 1. The number of carbonyl (C=O) groups is 1. The van der Waals surface area contributed by atoms with E-state index in [1.165, 1.54) is 64.2 Å². The number of rotatable bonds is 4. The molecule has 0 unspecified atom stereocenters. The Morgan fingerprint density at radius 3 is 2.05 bits per heavy atom. The van der Waals surface area contributed by atoms with Gasteiger partial charge in [-0.25, -0.2) is 0 Å². The zero-order chi connectivity index (χ0) is 13.6. The van der Waals surface area contributed by atoms with Crippen molar-refractivity contribution in [1.29, 1.82) is 0 Å². The molecule has 5 fully saturated rings. The predicted octanol–water partition coefficient (Wildman–Crippen LogP) is 3.90. The Kier molecular flexibility index (Phi) is 3.31. The van der Waals surface area contributed by atoms with Crippen molar-refractivity contribution in [1.82, 2.24) is 5.32 Å². The summed E-state index contributed by atoms with van der Waals surface area (Å²) in [7, 11) is 0. The molecule has 5 rings (SSSR count). The molecule has 1 amide bonds. The van der Waals surface area contributed by atoms with E-state index in [-0.39, 0.29) is 0 Å². The highest BCUT2D eigenvalue weighted by atomic mass is 16.1. The van der Waals surface area contributed by atoms with Crippen LogP contribution in [-0.4, -0.2) is 12.5 Å². The Hall–Kier alpha value is -0.530. The van der Waals surface area contributed by atoms with Gasteiger partial charge in [0.1, 0.15) is 0 Å². The first-order valence-corrected chi connectivity index (χ1v) is 8.97. The van der Waals surface area contributed by atoms with Crippen molar-refractivity contribution in [2.24, 2.45) is 29.1 Å². The fourth-order valence-electron chi connectivity index (χ4n) is 6.34. The van der Waals surface area contributed by atoms with Gasteiger partial charge in [0.2, 0.25) is 5.91 Å². The van der Waals surface area contributed by atoms with E-state index in [1.54, 1.807) is 0 Å². The lowest BCUT2D eigenvalue weighted by atomic mass is 9.49. The van der Waals surface area contributed by atoms with Gasteiger partial charge in [-0.15, -0.1) is 0 Å². The third-order valence-electron chi connectivity index (χ3n) is 6.77. The Labute approximate surface area is 123 Å². The van der Waals surface area contributed by atoms with Gasteiger partial charge in [0.05, 0.1) is 0 Å². The third kappa shape index (κ3) is 2.51. The summed E-state index contributed by atoms with van der Waals surface area (Å²) in [5.41, 5.74) is 0.500. The highest BCUT2D eigenvalue weighted by Crippen LogP contribution is 2.59. The van der Waals surface area contributed by atoms with Crippen LogP contribution in [0.25, 0.3) is 0 Å². The van der Waals surface area contributed by atoms with E-state index >= 15 is 0 Å². The second-order valence-electron chi connectivity index (χ2n) is 8.55. The molecule has 2 nitrogen and oxygen atoms in total. The monoisotopic (exact) mass is 275 g/mol. The molecule has 0 saturated heterocycles. The van der Waals surface area contributed by atoms with Crippen molar-refractivity contribution in [2.75, 3.05) is 6.54 Å². The fourth-order valence-corrected chi connectivity index (χ4v) is 6.34. The molecule has 0 heterocycles. The minimum atomic E-state index is 0.340. The van der Waals surface area contributed by atoms with E-state index in [2.05, 4.69) is 5.32 Å². The molecule has 0 aliphatic heterocycles. The standard InChI is InChI=1S/C18H29NO/c20-17(8-13-3-1-2-4-13)19-12-18-9-14-5-15(10-18)7-16(6-14)11-18/h13-16H,1-12H2,(H,19,20). The summed E-state index contributed by atoms with van der Waals surface area (Å²) >= 11 is 0. The number of nitrogens with one attached hydrogen (secondary N) is 1. The van der Waals surface area contributed by atoms with Gasteiger partial charge in [-0.2, -0.15) is 0 Å². The summed E-state index contributed by atoms with van der Waals surface area (Å²) in [5, 5.41) is 3.33. The summed E-state index contributed by atoms with van der Waals surface area (Å²) < 4.78 is 0. The number of hydrogen-bond acceptors (Lipinski definition) is 1. The smallest absolute Gasteiger partial charge is 0.220 e. The maximum atomic E-state index is 12.2. The van der Waals surface area contributed by atoms with Crippen LogP contribution < -0.4 is 5.32 Å². The topological polar surface area (TPSA) is 29.1 Å². The van der Waals surface area contributed by atoms with Gasteiger partial charge in [0, 0.05) is 13.0 Å². The van der Waals surface area contributed by atoms with Crippen molar-refractivity contribution in [3.8, 4) is 0 Å². The first-order chi connectivity index (χ1) is 9.71. The summed E-state index contributed by atoms with van der Waals surface area (Å²) in [6, 6.07) is 0. The normalized spacial score (nSPS) is 43.1. The lowest BCUT2D eigenvalue weighted by Crippen LogP contribution is -2.51. The first kappa shape index (κ1) is 13.2. The molecular formula is C18H29NO. The third-order valence-corrected chi connectivity index (χ3v) is 6.77. The molecule has 0 spiro atoms. The molecule has 4 bridgehead atoms. The molecule has 2 heteroatoms. The highest BCUT2D eigenvalue weighted by molar-refractivity contribution is 5.76. The predicted molar refractivity (Wildman–Crippen MR) is 80.2 cm³/mol. The van der Waals surface area contributed by atoms with Crippen LogP contribution in [0.3, 0.4) is 0 Å². The molecule has 1 N–H and O–H groups in total. The molecule has 0 aromatic heterocycles. The Bertz CT molecular complexity index is 348. The van der Waals surface area contributed by atoms with E-state index in [1.807, 2.05) is 0 Å². The molecule has 5 saturated carbocycles. The molecule has 112 valence electrons. The van der Waals surface area contributed by atoms with Gasteiger partial charge in [-0.1, -0.05) is 12.8 Å². The summed E-state index contributed by atoms with van der Waals surface area (Å²) in [5.74, 6) is 4.01. The average Bonchev–Trinajstić information content (AvgIpc) is 2.88. The second kappa shape index (κ2) is 5.03. The first-order valence-electron chi connectivity index (χ1n) is 8.97. The van der Waals surface area contributed by atoms with E-state index in [0.717, 1.165) is 30.7 Å². The second-order valence-corrected chi connectivity index (χ2v) is 8.55. The van der Waals surface area contributed by atoms with Crippen molar-refractivity contribution >= 4 is 5.91 Å². The van der Waals surface area contributed by atoms with Crippen LogP contribution in [0.1, 0.15) is 70.6 Å². The van der Waals surface area contributed by atoms with Gasteiger partial charge in [-0.05, 0) is 80.5 Å². The largest absolute Gasteiger partial charge is 0.356 e. The van der Waals surface area contributed by atoms with E-state index in [9.17, 15) is 4.79 Å². The Morgan fingerprint density at radius 1 is 0.950 bits per heavy atom. The summed E-state index contributed by atoms with van der Waals surface area (Å²) in [6.45, 7) is 0.988. The van der Waals surface area contributed by atoms with Crippen LogP contribution in [0, 0.1) is 29.1 Å². The van der Waals surface area contributed by atoms with Crippen LogP contribution in [0.5, 0.6) is 0 Å². The van der Waals surface area contributed by atoms with Crippen LogP contribution in [-0.2, 0) is 4.79 Å². The minimum absolute atomic E-state index is 0.340. The van der Waals surface area contributed by atoms with Gasteiger partial charge in [0.25, 0.3) is 0 Å². The summed E-state index contributed by atoms with van der Waals surface area (Å²) in [4.78, 5) is 12.2. The highest BCUT2D eigenvalue weighted by Gasteiger charge is 2.50. The number of hydrogen-bond donors (Lipinski definition) is 1. The molecule has 5 aliphatic carbocycles. The van der Waals surface area contributed by atoms with E-state index in [4.69, 9.17) is 0 Å². The van der Waals surface area contributed by atoms with Crippen molar-refractivity contribution < 1.29 is 4.79 Å². The van der Waals surface area contributed by atoms with Gasteiger partial charge >= 0.3 is 0 Å². The van der Waals surface area contributed by atoms with Crippen LogP contribution in [0.4, 0.5) is 0 Å². The Balaban J connectivity index is 1.31. The molecule has 5 aliphatic rings.